The fourth-order valence-electron chi connectivity index (χ4n) is 2.41. The van der Waals surface area contributed by atoms with Crippen molar-refractivity contribution in [3.05, 3.63) is 47.6 Å². The molecule has 19 heavy (non-hydrogen) atoms. The minimum absolute atomic E-state index is 0.477. The van der Waals surface area contributed by atoms with E-state index in [2.05, 4.69) is 27.6 Å². The van der Waals surface area contributed by atoms with Crippen molar-refractivity contribution in [1.29, 1.82) is 0 Å². The summed E-state index contributed by atoms with van der Waals surface area (Å²) >= 11 is 0. The Morgan fingerprint density at radius 1 is 1.32 bits per heavy atom. The lowest BCUT2D eigenvalue weighted by atomic mass is 10.1. The molecular formula is C15H19N3O. The van der Waals surface area contributed by atoms with E-state index in [1.54, 1.807) is 0 Å². The van der Waals surface area contributed by atoms with Crippen LogP contribution in [0.15, 0.2) is 34.9 Å². The molecule has 0 spiro atoms. The van der Waals surface area contributed by atoms with Crippen LogP contribution >= 0.6 is 0 Å². The van der Waals surface area contributed by atoms with Crippen LogP contribution in [0.25, 0.3) is 0 Å². The van der Waals surface area contributed by atoms with Gasteiger partial charge >= 0.3 is 0 Å². The molecule has 1 aromatic heterocycles. The number of hydrogen-bond acceptors (Lipinski definition) is 4. The lowest BCUT2D eigenvalue weighted by molar-refractivity contribution is 0.349. The molecule has 4 heteroatoms. The molecule has 4 nitrogen and oxygen atoms in total. The molecule has 0 amide bonds. The summed E-state index contributed by atoms with van der Waals surface area (Å²) in [5, 5.41) is 7.41. The van der Waals surface area contributed by atoms with E-state index in [1.807, 2.05) is 25.2 Å². The summed E-state index contributed by atoms with van der Waals surface area (Å²) in [7, 11) is 2.00. The van der Waals surface area contributed by atoms with Gasteiger partial charge in [-0.2, -0.15) is 4.98 Å². The first-order valence-corrected chi connectivity index (χ1v) is 6.88. The maximum atomic E-state index is 5.35. The van der Waals surface area contributed by atoms with E-state index in [-0.39, 0.29) is 0 Å². The molecule has 2 aromatic rings. The predicted molar refractivity (Wildman–Crippen MR) is 72.8 cm³/mol. The quantitative estimate of drug-likeness (QED) is 0.862. The predicted octanol–water partition coefficient (Wildman–Crippen LogP) is 2.20. The number of nitrogens with zero attached hydrogens (tertiary/aromatic N) is 2. The Kier molecular flexibility index (Phi) is 3.60. The third kappa shape index (κ3) is 3.20. The molecular weight excluding hydrogens is 238 g/mol. The molecule has 0 saturated heterocycles. The summed E-state index contributed by atoms with van der Waals surface area (Å²) in [4.78, 5) is 4.49. The highest BCUT2D eigenvalue weighted by Crippen LogP contribution is 2.33. The van der Waals surface area contributed by atoms with Crippen molar-refractivity contribution in [3.8, 4) is 0 Å². The second kappa shape index (κ2) is 5.53. The van der Waals surface area contributed by atoms with E-state index in [0.29, 0.717) is 6.04 Å². The van der Waals surface area contributed by atoms with Gasteiger partial charge in [0.15, 0.2) is 5.82 Å². The van der Waals surface area contributed by atoms with Gasteiger partial charge in [0.2, 0.25) is 5.89 Å². The number of hydrogen-bond donors (Lipinski definition) is 1. The standard InChI is InChI=1S/C15H19N3O/c1-16-13(12-7-8-12)10-15-17-14(18-19-15)9-11-5-3-2-4-6-11/h2-6,12-13,16H,7-10H2,1H3. The van der Waals surface area contributed by atoms with Crippen LogP contribution in [0, 0.1) is 5.92 Å². The Balaban J connectivity index is 1.62. The molecule has 1 aromatic carbocycles. The van der Waals surface area contributed by atoms with Crippen molar-refractivity contribution in [3.63, 3.8) is 0 Å². The van der Waals surface area contributed by atoms with Gasteiger partial charge in [-0.1, -0.05) is 35.5 Å². The average Bonchev–Trinajstić information content (AvgIpc) is 3.19. The van der Waals surface area contributed by atoms with Crippen LogP contribution in [0.1, 0.15) is 30.1 Å². The van der Waals surface area contributed by atoms with Crippen molar-refractivity contribution in [2.75, 3.05) is 7.05 Å². The van der Waals surface area contributed by atoms with E-state index >= 15 is 0 Å². The lowest BCUT2D eigenvalue weighted by Gasteiger charge is -2.11. The third-order valence-electron chi connectivity index (χ3n) is 3.67. The Labute approximate surface area is 113 Å². The minimum Gasteiger partial charge on any atom is -0.339 e. The first-order chi connectivity index (χ1) is 9.35. The summed E-state index contributed by atoms with van der Waals surface area (Å²) in [6, 6.07) is 10.7. The highest BCUT2D eigenvalue weighted by atomic mass is 16.5. The van der Waals surface area contributed by atoms with Gasteiger partial charge in [-0.05, 0) is 31.4 Å². The first kappa shape index (κ1) is 12.4. The Morgan fingerprint density at radius 2 is 2.11 bits per heavy atom. The van der Waals surface area contributed by atoms with Crippen LogP contribution in [0.5, 0.6) is 0 Å². The number of rotatable bonds is 6. The van der Waals surface area contributed by atoms with Gasteiger partial charge in [0, 0.05) is 18.9 Å². The van der Waals surface area contributed by atoms with E-state index in [1.165, 1.54) is 18.4 Å². The Bertz CT molecular complexity index is 519. The summed E-state index contributed by atoms with van der Waals surface area (Å²) < 4.78 is 5.35. The lowest BCUT2D eigenvalue weighted by Crippen LogP contribution is -2.29. The molecule has 0 aliphatic heterocycles. The van der Waals surface area contributed by atoms with Crippen LogP contribution in [-0.2, 0) is 12.8 Å². The molecule has 100 valence electrons. The van der Waals surface area contributed by atoms with Crippen LogP contribution < -0.4 is 5.32 Å². The fourth-order valence-corrected chi connectivity index (χ4v) is 2.41. The van der Waals surface area contributed by atoms with Crippen molar-refractivity contribution in [2.24, 2.45) is 5.92 Å². The van der Waals surface area contributed by atoms with Crippen LogP contribution in [0.3, 0.4) is 0 Å². The van der Waals surface area contributed by atoms with E-state index in [0.717, 1.165) is 30.5 Å². The van der Waals surface area contributed by atoms with Gasteiger partial charge in [-0.15, -0.1) is 0 Å². The molecule has 1 aliphatic rings. The summed E-state index contributed by atoms with van der Waals surface area (Å²) in [6.07, 6.45) is 4.20. The molecule has 1 aliphatic carbocycles. The van der Waals surface area contributed by atoms with Crippen LogP contribution in [-0.4, -0.2) is 23.2 Å². The largest absolute Gasteiger partial charge is 0.339 e. The van der Waals surface area contributed by atoms with Gasteiger partial charge in [-0.25, -0.2) is 0 Å². The minimum atomic E-state index is 0.477. The summed E-state index contributed by atoms with van der Waals surface area (Å²) in [5.41, 5.74) is 1.21. The van der Waals surface area contributed by atoms with Gasteiger partial charge in [-0.3, -0.25) is 0 Å². The van der Waals surface area contributed by atoms with Gasteiger partial charge in [0.25, 0.3) is 0 Å². The molecule has 3 rings (SSSR count). The van der Waals surface area contributed by atoms with Crippen molar-refractivity contribution >= 4 is 0 Å². The number of benzene rings is 1. The second-order valence-electron chi connectivity index (χ2n) is 5.20. The smallest absolute Gasteiger partial charge is 0.228 e. The number of nitrogens with one attached hydrogen (secondary N) is 1. The molecule has 1 heterocycles. The van der Waals surface area contributed by atoms with E-state index in [4.69, 9.17) is 4.52 Å². The zero-order valence-electron chi connectivity index (χ0n) is 11.2. The van der Waals surface area contributed by atoms with Gasteiger partial charge in [0.05, 0.1) is 0 Å². The molecule has 0 bridgehead atoms. The molecule has 1 N–H and O–H groups in total. The molecule has 0 radical (unpaired) electrons. The van der Waals surface area contributed by atoms with Gasteiger partial charge in [0.1, 0.15) is 0 Å². The number of likely N-dealkylation sites (N-methyl/N-ethyl adjacent to an activating group) is 1. The molecule has 1 fully saturated rings. The Morgan fingerprint density at radius 3 is 2.79 bits per heavy atom. The monoisotopic (exact) mass is 257 g/mol. The Hall–Kier alpha value is -1.68. The molecule has 1 unspecified atom stereocenters. The zero-order chi connectivity index (χ0) is 13.1. The third-order valence-corrected chi connectivity index (χ3v) is 3.67. The normalized spacial score (nSPS) is 16.5. The van der Waals surface area contributed by atoms with E-state index < -0.39 is 0 Å². The topological polar surface area (TPSA) is 51.0 Å². The van der Waals surface area contributed by atoms with Crippen LogP contribution in [0.2, 0.25) is 0 Å². The summed E-state index contributed by atoms with van der Waals surface area (Å²) in [5.74, 6) is 2.30. The maximum absolute atomic E-state index is 5.35. The number of aromatic nitrogens is 2. The molecule has 1 atom stereocenters. The first-order valence-electron chi connectivity index (χ1n) is 6.88. The highest BCUT2D eigenvalue weighted by Gasteiger charge is 2.31. The second-order valence-corrected chi connectivity index (χ2v) is 5.20. The maximum Gasteiger partial charge on any atom is 0.228 e. The van der Waals surface area contributed by atoms with Gasteiger partial charge < -0.3 is 9.84 Å². The van der Waals surface area contributed by atoms with E-state index in [9.17, 15) is 0 Å². The van der Waals surface area contributed by atoms with Crippen molar-refractivity contribution in [1.82, 2.24) is 15.5 Å². The van der Waals surface area contributed by atoms with Crippen LogP contribution in [0.4, 0.5) is 0 Å². The summed E-state index contributed by atoms with van der Waals surface area (Å²) in [6.45, 7) is 0. The zero-order valence-corrected chi connectivity index (χ0v) is 11.2. The SMILES string of the molecule is CNC(Cc1nc(Cc2ccccc2)no1)C1CC1. The average molecular weight is 257 g/mol. The molecule has 1 saturated carbocycles. The van der Waals surface area contributed by atoms with Crippen molar-refractivity contribution < 1.29 is 4.52 Å². The van der Waals surface area contributed by atoms with Crippen molar-refractivity contribution in [2.45, 2.75) is 31.7 Å². The fraction of sp³-hybridized carbons (Fsp3) is 0.467. The highest BCUT2D eigenvalue weighted by molar-refractivity contribution is 5.18.